The molecule has 0 aromatic heterocycles. The molecule has 1 aromatic rings. The van der Waals surface area contributed by atoms with Crippen LogP contribution in [0.3, 0.4) is 0 Å². The van der Waals surface area contributed by atoms with Gasteiger partial charge in [0.05, 0.1) is 6.42 Å². The number of carboxylic acid groups (broad SMARTS) is 3. The quantitative estimate of drug-likeness (QED) is 0.482. The molecule has 9 heteroatoms. The molecule has 0 radical (unpaired) electrons. The Hall–Kier alpha value is -2.68. The number of hydrogen-bond acceptors (Lipinski definition) is 5. The lowest BCUT2D eigenvalue weighted by Crippen LogP contribution is -2.32. The van der Waals surface area contributed by atoms with Crippen LogP contribution in [0.5, 0.6) is 0 Å². The summed E-state index contributed by atoms with van der Waals surface area (Å²) in [6.45, 7) is 0. The molecule has 1 aromatic carbocycles. The molecule has 0 saturated carbocycles. The largest absolute Gasteiger partial charge is 0.481 e. The zero-order chi connectivity index (χ0) is 15.9. The summed E-state index contributed by atoms with van der Waals surface area (Å²) in [5.74, 6) is -4.65. The van der Waals surface area contributed by atoms with E-state index in [1.54, 1.807) is 0 Å². The summed E-state index contributed by atoms with van der Waals surface area (Å²) in [7, 11) is 0. The number of halogens is 1. The lowest BCUT2D eigenvalue weighted by Gasteiger charge is -1.99. The summed E-state index contributed by atoms with van der Waals surface area (Å²) in [5.41, 5.74) is 9.52. The molecule has 0 saturated heterocycles. The molecule has 1 rings (SSSR count). The fraction of sp³-hybridized carbons (Fsp3) is 0.182. The van der Waals surface area contributed by atoms with E-state index in [0.717, 1.165) is 6.07 Å². The SMILES string of the molecule is NC(CC(=O)O)C(=O)O.Nc1cccc(F)c1C(=O)O. The lowest BCUT2D eigenvalue weighted by atomic mass is 10.2. The Bertz CT molecular complexity index is 499. The van der Waals surface area contributed by atoms with Crippen molar-refractivity contribution >= 4 is 23.6 Å². The van der Waals surface area contributed by atoms with E-state index in [2.05, 4.69) is 0 Å². The molecule has 0 spiro atoms. The van der Waals surface area contributed by atoms with Gasteiger partial charge in [0.15, 0.2) is 0 Å². The molecule has 1 atom stereocenters. The van der Waals surface area contributed by atoms with Crippen LogP contribution in [-0.4, -0.2) is 39.3 Å². The van der Waals surface area contributed by atoms with Gasteiger partial charge < -0.3 is 26.8 Å². The van der Waals surface area contributed by atoms with E-state index in [1.807, 2.05) is 0 Å². The van der Waals surface area contributed by atoms with Crippen molar-refractivity contribution < 1.29 is 34.1 Å². The monoisotopic (exact) mass is 288 g/mol. The molecule has 0 amide bonds. The molecule has 7 N–H and O–H groups in total. The molecular formula is C11H13FN2O6. The Morgan fingerprint density at radius 3 is 2.00 bits per heavy atom. The first kappa shape index (κ1) is 17.3. The Morgan fingerprint density at radius 2 is 1.75 bits per heavy atom. The third-order valence-corrected chi connectivity index (χ3v) is 1.97. The van der Waals surface area contributed by atoms with Gasteiger partial charge in [-0.25, -0.2) is 9.18 Å². The zero-order valence-corrected chi connectivity index (χ0v) is 10.1. The van der Waals surface area contributed by atoms with Crippen LogP contribution >= 0.6 is 0 Å². The highest BCUT2D eigenvalue weighted by atomic mass is 19.1. The molecule has 0 fully saturated rings. The fourth-order valence-electron chi connectivity index (χ4n) is 1.04. The van der Waals surface area contributed by atoms with Gasteiger partial charge in [-0.3, -0.25) is 9.59 Å². The number of nitrogens with two attached hydrogens (primary N) is 2. The van der Waals surface area contributed by atoms with Gasteiger partial charge in [-0.2, -0.15) is 0 Å². The molecule has 0 heterocycles. The molecule has 110 valence electrons. The predicted octanol–water partition coefficient (Wildman–Crippen LogP) is -0.0209. The second-order valence-electron chi connectivity index (χ2n) is 3.55. The summed E-state index contributed by atoms with van der Waals surface area (Å²) in [4.78, 5) is 29.9. The number of carbonyl (C=O) groups is 3. The smallest absolute Gasteiger partial charge is 0.340 e. The van der Waals surface area contributed by atoms with Crippen LogP contribution in [0.4, 0.5) is 10.1 Å². The second kappa shape index (κ2) is 7.69. The first-order chi connectivity index (χ1) is 9.16. The minimum absolute atomic E-state index is 0.0579. The predicted molar refractivity (Wildman–Crippen MR) is 65.6 cm³/mol. The standard InChI is InChI=1S/C7H6FNO2.C4H7NO4/c8-4-2-1-3-5(9)6(4)7(10)11;5-2(4(8)9)1-3(6)7/h1-3H,9H2,(H,10,11);2H,1,5H2,(H,6,7)(H,8,9). The van der Waals surface area contributed by atoms with E-state index in [4.69, 9.17) is 26.8 Å². The van der Waals surface area contributed by atoms with Crippen LogP contribution in [-0.2, 0) is 9.59 Å². The van der Waals surface area contributed by atoms with Gasteiger partial charge >= 0.3 is 17.9 Å². The fourth-order valence-corrected chi connectivity index (χ4v) is 1.04. The number of carboxylic acids is 3. The van der Waals surface area contributed by atoms with Gasteiger partial charge in [0.25, 0.3) is 0 Å². The summed E-state index contributed by atoms with van der Waals surface area (Å²) in [6.07, 6.45) is -0.532. The molecule has 8 nitrogen and oxygen atoms in total. The average Bonchev–Trinajstić information content (AvgIpc) is 2.27. The molecule has 0 bridgehead atoms. The highest BCUT2D eigenvalue weighted by Gasteiger charge is 2.14. The number of rotatable bonds is 4. The summed E-state index contributed by atoms with van der Waals surface area (Å²) < 4.78 is 12.6. The van der Waals surface area contributed by atoms with Crippen molar-refractivity contribution in [1.29, 1.82) is 0 Å². The van der Waals surface area contributed by atoms with Gasteiger partial charge in [-0.1, -0.05) is 6.07 Å². The highest BCUT2D eigenvalue weighted by Crippen LogP contribution is 2.14. The van der Waals surface area contributed by atoms with E-state index in [1.165, 1.54) is 12.1 Å². The van der Waals surface area contributed by atoms with E-state index in [0.29, 0.717) is 0 Å². The topological polar surface area (TPSA) is 164 Å². The number of anilines is 1. The van der Waals surface area contributed by atoms with Crippen molar-refractivity contribution in [3.8, 4) is 0 Å². The van der Waals surface area contributed by atoms with E-state index < -0.39 is 41.8 Å². The molecule has 1 unspecified atom stereocenters. The lowest BCUT2D eigenvalue weighted by molar-refractivity contribution is -0.144. The molecule has 20 heavy (non-hydrogen) atoms. The van der Waals surface area contributed by atoms with Crippen molar-refractivity contribution in [1.82, 2.24) is 0 Å². The normalized spacial score (nSPS) is 10.9. The maximum Gasteiger partial charge on any atom is 0.340 e. The minimum atomic E-state index is -1.35. The number of nitrogen functional groups attached to an aromatic ring is 1. The van der Waals surface area contributed by atoms with Gasteiger partial charge in [0.2, 0.25) is 0 Å². The van der Waals surface area contributed by atoms with Crippen LogP contribution in [0.2, 0.25) is 0 Å². The Kier molecular flexibility index (Phi) is 6.66. The summed E-state index contributed by atoms with van der Waals surface area (Å²) in [6, 6.07) is 2.46. The van der Waals surface area contributed by atoms with Crippen molar-refractivity contribution in [2.24, 2.45) is 5.73 Å². The van der Waals surface area contributed by atoms with Crippen molar-refractivity contribution in [3.63, 3.8) is 0 Å². The number of aliphatic carboxylic acids is 2. The summed E-state index contributed by atoms with van der Waals surface area (Å²) >= 11 is 0. The van der Waals surface area contributed by atoms with Crippen molar-refractivity contribution in [2.45, 2.75) is 12.5 Å². The third kappa shape index (κ3) is 5.78. The molecule has 0 aliphatic carbocycles. The number of hydrogen-bond donors (Lipinski definition) is 5. The highest BCUT2D eigenvalue weighted by molar-refractivity contribution is 5.93. The Morgan fingerprint density at radius 1 is 1.20 bits per heavy atom. The van der Waals surface area contributed by atoms with Crippen LogP contribution in [0, 0.1) is 5.82 Å². The van der Waals surface area contributed by atoms with E-state index >= 15 is 0 Å². The molecule has 0 aliphatic rings. The van der Waals surface area contributed by atoms with Crippen LogP contribution in [0.25, 0.3) is 0 Å². The van der Waals surface area contributed by atoms with Gasteiger partial charge in [-0.15, -0.1) is 0 Å². The van der Waals surface area contributed by atoms with Gasteiger partial charge in [0, 0.05) is 5.69 Å². The van der Waals surface area contributed by atoms with Gasteiger partial charge in [0.1, 0.15) is 17.4 Å². The Labute approximate surface area is 112 Å². The molecule has 0 aliphatic heterocycles. The minimum Gasteiger partial charge on any atom is -0.481 e. The van der Waals surface area contributed by atoms with E-state index in [9.17, 15) is 18.8 Å². The van der Waals surface area contributed by atoms with Crippen molar-refractivity contribution in [3.05, 3.63) is 29.6 Å². The average molecular weight is 288 g/mol. The number of benzene rings is 1. The van der Waals surface area contributed by atoms with Crippen LogP contribution in [0.1, 0.15) is 16.8 Å². The Balaban J connectivity index is 0.000000370. The van der Waals surface area contributed by atoms with Crippen molar-refractivity contribution in [2.75, 3.05) is 5.73 Å². The van der Waals surface area contributed by atoms with Crippen LogP contribution < -0.4 is 11.5 Å². The maximum atomic E-state index is 12.6. The number of aromatic carboxylic acids is 1. The van der Waals surface area contributed by atoms with Gasteiger partial charge in [-0.05, 0) is 12.1 Å². The van der Waals surface area contributed by atoms with E-state index in [-0.39, 0.29) is 5.69 Å². The maximum absolute atomic E-state index is 12.6. The first-order valence-electron chi connectivity index (χ1n) is 5.14. The second-order valence-corrected chi connectivity index (χ2v) is 3.55. The van der Waals surface area contributed by atoms with Crippen LogP contribution in [0.15, 0.2) is 18.2 Å². The zero-order valence-electron chi connectivity index (χ0n) is 10.1. The third-order valence-electron chi connectivity index (χ3n) is 1.97. The molecular weight excluding hydrogens is 275 g/mol. The first-order valence-corrected chi connectivity index (χ1v) is 5.14. The summed E-state index contributed by atoms with van der Waals surface area (Å²) in [5, 5.41) is 24.5.